The van der Waals surface area contributed by atoms with Crippen molar-refractivity contribution in [3.8, 4) is 11.4 Å². The molecule has 0 saturated heterocycles. The quantitative estimate of drug-likeness (QED) is 0.399. The average molecular weight is 392 g/mol. The van der Waals surface area contributed by atoms with Gasteiger partial charge < -0.3 is 9.47 Å². The van der Waals surface area contributed by atoms with Gasteiger partial charge in [0.2, 0.25) is 0 Å². The van der Waals surface area contributed by atoms with Gasteiger partial charge in [0.1, 0.15) is 29.2 Å². The number of carbonyl (C=O) groups is 1. The zero-order chi connectivity index (χ0) is 20.0. The van der Waals surface area contributed by atoms with Crippen molar-refractivity contribution in [3.05, 3.63) is 41.5 Å². The molecule has 0 aliphatic heterocycles. The highest BCUT2D eigenvalue weighted by atomic mass is 35.5. The number of hydrogen-bond donors (Lipinski definition) is 0. The van der Waals surface area contributed by atoms with Gasteiger partial charge in [-0.2, -0.15) is 5.10 Å². The predicted molar refractivity (Wildman–Crippen MR) is 106 cm³/mol. The number of methoxy groups -OCH3 is 1. The molecule has 0 spiro atoms. The minimum absolute atomic E-state index is 0.331. The molecule has 0 aliphatic rings. The van der Waals surface area contributed by atoms with E-state index in [-0.39, 0.29) is 5.97 Å². The van der Waals surface area contributed by atoms with Crippen molar-refractivity contribution in [2.75, 3.05) is 13.0 Å². The number of halogens is 1. The molecule has 27 heavy (non-hydrogen) atoms. The lowest BCUT2D eigenvalue weighted by atomic mass is 10.1. The van der Waals surface area contributed by atoms with Crippen molar-refractivity contribution < 1.29 is 14.3 Å². The second-order valence-electron chi connectivity index (χ2n) is 7.13. The summed E-state index contributed by atoms with van der Waals surface area (Å²) in [5, 5.41) is 4.31. The summed E-state index contributed by atoms with van der Waals surface area (Å²) < 4.78 is 12.7. The first kappa shape index (κ1) is 21.0. The largest absolute Gasteiger partial charge is 0.494 e. The van der Waals surface area contributed by atoms with Gasteiger partial charge in [0, 0.05) is 11.5 Å². The molecule has 0 N–H and O–H groups in total. The van der Waals surface area contributed by atoms with Gasteiger partial charge in [-0.25, -0.2) is 14.5 Å². The molecular weight excluding hydrogens is 366 g/mol. The molecule has 0 amide bonds. The van der Waals surface area contributed by atoms with Crippen LogP contribution in [-0.2, 0) is 9.53 Å². The molecule has 2 aromatic rings. The van der Waals surface area contributed by atoms with Crippen LogP contribution >= 0.6 is 11.6 Å². The van der Waals surface area contributed by atoms with Gasteiger partial charge in [-0.15, -0.1) is 11.6 Å². The van der Waals surface area contributed by atoms with Crippen LogP contribution in [0, 0.1) is 6.92 Å². The molecule has 0 saturated carbocycles. The van der Waals surface area contributed by atoms with E-state index in [9.17, 15) is 4.79 Å². The van der Waals surface area contributed by atoms with Gasteiger partial charge in [0.15, 0.2) is 0 Å². The number of aromatic nitrogens is 3. The Hall–Kier alpha value is -2.34. The minimum Gasteiger partial charge on any atom is -0.494 e. The molecule has 7 heteroatoms. The van der Waals surface area contributed by atoms with Gasteiger partial charge in [-0.3, -0.25) is 0 Å². The number of aryl methyl sites for hydroxylation is 1. The number of ether oxygens (including phenoxy) is 2. The summed E-state index contributed by atoms with van der Waals surface area (Å²) in [6, 6.07) is 5.64. The van der Waals surface area contributed by atoms with Gasteiger partial charge in [-0.1, -0.05) is 6.07 Å². The third-order valence-electron chi connectivity index (χ3n) is 3.64. The second kappa shape index (κ2) is 9.04. The number of alkyl halides is 1. The van der Waals surface area contributed by atoms with Crippen molar-refractivity contribution in [2.45, 2.75) is 46.1 Å². The maximum atomic E-state index is 12.5. The van der Waals surface area contributed by atoms with E-state index in [1.54, 1.807) is 18.1 Å². The standard InChI is InChI=1S/C20H26ClN3O3/c1-14-22-13-24(23-14)17-9-8-15(12-18(17)26-5)11-16(7-6-10-21)19(25)27-20(2,3)4/h8-9,11-13H,6-7,10H2,1-5H3/b16-11+. The van der Waals surface area contributed by atoms with Gasteiger partial charge in [-0.05, 0) is 64.3 Å². The van der Waals surface area contributed by atoms with Crippen molar-refractivity contribution in [1.82, 2.24) is 14.8 Å². The van der Waals surface area contributed by atoms with Crippen LogP contribution in [0.25, 0.3) is 11.8 Å². The van der Waals surface area contributed by atoms with Crippen LogP contribution in [-0.4, -0.2) is 39.3 Å². The average Bonchev–Trinajstić information content (AvgIpc) is 3.03. The smallest absolute Gasteiger partial charge is 0.334 e. The first-order valence-electron chi connectivity index (χ1n) is 8.80. The van der Waals surface area contributed by atoms with Crippen LogP contribution in [0.1, 0.15) is 45.0 Å². The normalized spacial score (nSPS) is 12.1. The van der Waals surface area contributed by atoms with Crippen molar-refractivity contribution in [2.24, 2.45) is 0 Å². The first-order valence-corrected chi connectivity index (χ1v) is 9.33. The molecule has 146 valence electrons. The highest BCUT2D eigenvalue weighted by Crippen LogP contribution is 2.26. The number of esters is 1. The van der Waals surface area contributed by atoms with E-state index in [0.29, 0.717) is 35.9 Å². The minimum atomic E-state index is -0.552. The summed E-state index contributed by atoms with van der Waals surface area (Å²) in [7, 11) is 1.60. The molecule has 0 radical (unpaired) electrons. The number of hydrogen-bond acceptors (Lipinski definition) is 5. The highest BCUT2D eigenvalue weighted by Gasteiger charge is 2.20. The molecule has 6 nitrogen and oxygen atoms in total. The SMILES string of the molecule is COc1cc(/C=C(\CCCCl)C(=O)OC(C)(C)C)ccc1-n1cnc(C)n1. The fourth-order valence-electron chi connectivity index (χ4n) is 2.47. The van der Waals surface area contributed by atoms with Gasteiger partial charge >= 0.3 is 5.97 Å². The van der Waals surface area contributed by atoms with Crippen LogP contribution in [0.2, 0.25) is 0 Å². The Bertz CT molecular complexity index is 822. The van der Waals surface area contributed by atoms with E-state index in [2.05, 4.69) is 10.1 Å². The van der Waals surface area contributed by atoms with E-state index in [0.717, 1.165) is 11.3 Å². The molecule has 0 bridgehead atoms. The second-order valence-corrected chi connectivity index (χ2v) is 7.51. The summed E-state index contributed by atoms with van der Waals surface area (Å²) in [4.78, 5) is 16.7. The van der Waals surface area contributed by atoms with E-state index in [1.165, 1.54) is 0 Å². The molecule has 0 fully saturated rings. The Balaban J connectivity index is 2.36. The third kappa shape index (κ3) is 6.10. The molecular formula is C20H26ClN3O3. The van der Waals surface area contributed by atoms with Crippen LogP contribution in [0.15, 0.2) is 30.1 Å². The molecule has 1 aromatic heterocycles. The molecule has 2 rings (SSSR count). The fraction of sp³-hybridized carbons (Fsp3) is 0.450. The number of nitrogens with zero attached hydrogens (tertiary/aromatic N) is 3. The summed E-state index contributed by atoms with van der Waals surface area (Å²) in [5.74, 6) is 1.46. The lowest BCUT2D eigenvalue weighted by Gasteiger charge is -2.20. The molecule has 1 heterocycles. The Morgan fingerprint density at radius 1 is 1.33 bits per heavy atom. The van der Waals surface area contributed by atoms with E-state index >= 15 is 0 Å². The molecule has 1 aromatic carbocycles. The zero-order valence-corrected chi connectivity index (χ0v) is 17.2. The Morgan fingerprint density at radius 3 is 2.63 bits per heavy atom. The number of carbonyl (C=O) groups excluding carboxylic acids is 1. The Kier molecular flexibility index (Phi) is 7.02. The number of benzene rings is 1. The topological polar surface area (TPSA) is 66.2 Å². The first-order chi connectivity index (χ1) is 12.7. The van der Waals surface area contributed by atoms with Crippen LogP contribution in [0.3, 0.4) is 0 Å². The monoisotopic (exact) mass is 391 g/mol. The molecule has 0 aliphatic carbocycles. The summed E-state index contributed by atoms with van der Waals surface area (Å²) >= 11 is 5.81. The van der Waals surface area contributed by atoms with Crippen LogP contribution in [0.4, 0.5) is 0 Å². The van der Waals surface area contributed by atoms with Crippen LogP contribution in [0.5, 0.6) is 5.75 Å². The molecule has 0 unspecified atom stereocenters. The summed E-state index contributed by atoms with van der Waals surface area (Å²) in [5.41, 5.74) is 1.64. The lowest BCUT2D eigenvalue weighted by molar-refractivity contribution is -0.149. The maximum absolute atomic E-state index is 12.5. The van der Waals surface area contributed by atoms with Gasteiger partial charge in [0.25, 0.3) is 0 Å². The van der Waals surface area contributed by atoms with Crippen LogP contribution < -0.4 is 4.74 Å². The fourth-order valence-corrected chi connectivity index (χ4v) is 2.60. The summed E-state index contributed by atoms with van der Waals surface area (Å²) in [6.07, 6.45) is 4.69. The van der Waals surface area contributed by atoms with Crippen molar-refractivity contribution >= 4 is 23.6 Å². The van der Waals surface area contributed by atoms with Gasteiger partial charge in [0.05, 0.1) is 7.11 Å². The maximum Gasteiger partial charge on any atom is 0.334 e. The predicted octanol–water partition coefficient (Wildman–Crippen LogP) is 4.33. The number of rotatable bonds is 7. The third-order valence-corrected chi connectivity index (χ3v) is 3.91. The van der Waals surface area contributed by atoms with E-state index < -0.39 is 5.60 Å². The van der Waals surface area contributed by atoms with E-state index in [4.69, 9.17) is 21.1 Å². The Morgan fingerprint density at radius 2 is 2.07 bits per heavy atom. The van der Waals surface area contributed by atoms with E-state index in [1.807, 2.05) is 52.0 Å². The molecule has 0 atom stereocenters. The van der Waals surface area contributed by atoms with Crippen molar-refractivity contribution in [3.63, 3.8) is 0 Å². The highest BCUT2D eigenvalue weighted by molar-refractivity contribution is 6.17. The zero-order valence-electron chi connectivity index (χ0n) is 16.5. The lowest BCUT2D eigenvalue weighted by Crippen LogP contribution is -2.25. The Labute approximate surface area is 165 Å². The summed E-state index contributed by atoms with van der Waals surface area (Å²) in [6.45, 7) is 7.37. The van der Waals surface area contributed by atoms with Crippen molar-refractivity contribution in [1.29, 1.82) is 0 Å².